The number of fused-ring (bicyclic) bond motifs is 1. The van der Waals surface area contributed by atoms with E-state index in [0.717, 1.165) is 6.07 Å². The first-order valence-corrected chi connectivity index (χ1v) is 12.3. The zero-order valence-corrected chi connectivity index (χ0v) is 20.6. The first-order chi connectivity index (χ1) is 19.0. The number of hydrogen-bond donors (Lipinski definition) is 10. The minimum atomic E-state index is -1.91. The second-order valence-electron chi connectivity index (χ2n) is 9.80. The molecule has 2 aromatic carbocycles. The van der Waals surface area contributed by atoms with Crippen molar-refractivity contribution in [2.45, 2.75) is 54.9 Å². The molecule has 0 saturated carbocycles. The summed E-state index contributed by atoms with van der Waals surface area (Å²) in [5, 5.41) is 102. The van der Waals surface area contributed by atoms with Gasteiger partial charge < -0.3 is 65.0 Å². The molecule has 1 aromatic heterocycles. The molecule has 9 atom stereocenters. The van der Waals surface area contributed by atoms with Gasteiger partial charge >= 0.3 is 0 Å². The Bertz CT molecular complexity index is 1450. The van der Waals surface area contributed by atoms with E-state index in [9.17, 15) is 55.9 Å². The molecule has 3 aromatic rings. The first kappa shape index (κ1) is 28.2. The van der Waals surface area contributed by atoms with Crippen molar-refractivity contribution in [2.24, 2.45) is 0 Å². The van der Waals surface area contributed by atoms with Gasteiger partial charge in [-0.25, -0.2) is 0 Å². The molecular weight excluding hydrogens is 536 g/mol. The predicted octanol–water partition coefficient (Wildman–Crippen LogP) is -1.75. The number of ether oxygens (including phenoxy) is 2. The number of benzene rings is 2. The van der Waals surface area contributed by atoms with Crippen LogP contribution in [0, 0.1) is 0 Å². The van der Waals surface area contributed by atoms with Gasteiger partial charge in [0.15, 0.2) is 0 Å². The van der Waals surface area contributed by atoms with Crippen LogP contribution in [0.5, 0.6) is 17.2 Å². The van der Waals surface area contributed by atoms with Gasteiger partial charge in [0, 0.05) is 11.6 Å². The molecule has 14 heteroatoms. The third-order valence-corrected chi connectivity index (χ3v) is 7.30. The van der Waals surface area contributed by atoms with E-state index in [1.807, 2.05) is 0 Å². The minimum absolute atomic E-state index is 0.111. The van der Waals surface area contributed by atoms with Crippen LogP contribution in [0.2, 0.25) is 0 Å². The molecule has 2 aliphatic rings. The van der Waals surface area contributed by atoms with Crippen LogP contribution in [0.1, 0.15) is 23.3 Å². The van der Waals surface area contributed by atoms with Gasteiger partial charge in [0.05, 0.1) is 24.3 Å². The van der Waals surface area contributed by atoms with E-state index in [4.69, 9.17) is 13.9 Å². The highest BCUT2D eigenvalue weighted by Gasteiger charge is 2.47. The van der Waals surface area contributed by atoms with Crippen LogP contribution in [-0.4, -0.2) is 107 Å². The number of aromatic hydroxyl groups is 3. The van der Waals surface area contributed by atoms with Gasteiger partial charge in [-0.2, -0.15) is 0 Å². The van der Waals surface area contributed by atoms with Crippen molar-refractivity contribution >= 4 is 11.0 Å². The third kappa shape index (κ3) is 4.49. The van der Waals surface area contributed by atoms with Crippen LogP contribution in [0.15, 0.2) is 39.5 Å². The predicted molar refractivity (Wildman–Crippen MR) is 132 cm³/mol. The topological polar surface area (TPSA) is 251 Å². The molecule has 40 heavy (non-hydrogen) atoms. The van der Waals surface area contributed by atoms with Crippen molar-refractivity contribution in [3.05, 3.63) is 51.7 Å². The summed E-state index contributed by atoms with van der Waals surface area (Å²) in [7, 11) is 0. The molecule has 10 N–H and O–H groups in total. The van der Waals surface area contributed by atoms with Gasteiger partial charge in [0.2, 0.25) is 5.43 Å². The molecule has 2 saturated heterocycles. The smallest absolute Gasteiger partial charge is 0.203 e. The Morgan fingerprint density at radius 2 is 1.45 bits per heavy atom. The molecule has 0 bridgehead atoms. The zero-order chi connectivity index (χ0) is 29.0. The minimum Gasteiger partial charge on any atom is -0.508 e. The molecule has 0 aliphatic carbocycles. The Kier molecular flexibility index (Phi) is 7.47. The normalized spacial score (nSPS) is 32.8. The van der Waals surface area contributed by atoms with Gasteiger partial charge in [0.25, 0.3) is 0 Å². The van der Waals surface area contributed by atoms with E-state index < -0.39 is 96.0 Å². The van der Waals surface area contributed by atoms with E-state index in [1.165, 1.54) is 24.3 Å². The largest absolute Gasteiger partial charge is 0.508 e. The van der Waals surface area contributed by atoms with Gasteiger partial charge in [-0.1, -0.05) is 0 Å². The maximum atomic E-state index is 14.0. The maximum absolute atomic E-state index is 14.0. The SMILES string of the molecule is O=c1c(C2OC[C@H](O)[C@H](O)[C@H]2O)c(-c2ccc(O)cc2)oc2cc(O)c([C@H]3O[C@H](CO)[C@@H](O)[C@H](O)[C@H]3O)c(O)c12. The molecule has 0 amide bonds. The Labute approximate surface area is 224 Å². The summed E-state index contributed by atoms with van der Waals surface area (Å²) in [4.78, 5) is 14.0. The summed E-state index contributed by atoms with van der Waals surface area (Å²) in [6.45, 7) is -1.25. The lowest BCUT2D eigenvalue weighted by Crippen LogP contribution is -2.55. The van der Waals surface area contributed by atoms with Gasteiger partial charge in [-0.05, 0) is 24.3 Å². The maximum Gasteiger partial charge on any atom is 0.203 e. The number of aliphatic hydroxyl groups is 7. The van der Waals surface area contributed by atoms with Crippen LogP contribution in [-0.2, 0) is 9.47 Å². The standard InChI is InChI=1S/C26H28O14/c27-6-13-18(32)21(35)23(37)26(40-13)14-10(29)5-12-15(19(14)33)20(34)16(25-22(36)17(31)11(30)7-38-25)24(39-12)8-1-3-9(28)4-2-8/h1-5,11,13,17-18,21-23,25-33,35-37H,6-7H2/t11-,13+,17-,18+,21-,22+,23+,25?,26+/m0/s1. The average Bonchev–Trinajstić information content (AvgIpc) is 2.92. The lowest BCUT2D eigenvalue weighted by molar-refractivity contribution is -0.232. The Balaban J connectivity index is 1.76. The van der Waals surface area contributed by atoms with Crippen molar-refractivity contribution in [3.63, 3.8) is 0 Å². The summed E-state index contributed by atoms with van der Waals surface area (Å²) in [5.41, 5.74) is -2.07. The third-order valence-electron chi connectivity index (χ3n) is 7.30. The van der Waals surface area contributed by atoms with Crippen molar-refractivity contribution in [2.75, 3.05) is 13.2 Å². The fourth-order valence-electron chi connectivity index (χ4n) is 5.12. The molecule has 0 radical (unpaired) electrons. The van der Waals surface area contributed by atoms with Crippen LogP contribution in [0.25, 0.3) is 22.3 Å². The summed E-state index contributed by atoms with van der Waals surface area (Å²) >= 11 is 0. The molecule has 3 heterocycles. The Morgan fingerprint density at radius 1 is 0.800 bits per heavy atom. The number of rotatable bonds is 4. The van der Waals surface area contributed by atoms with Crippen molar-refractivity contribution < 1.29 is 65.0 Å². The van der Waals surface area contributed by atoms with E-state index in [0.29, 0.717) is 0 Å². The van der Waals surface area contributed by atoms with Crippen molar-refractivity contribution in [1.82, 2.24) is 0 Å². The molecule has 0 spiro atoms. The summed E-state index contributed by atoms with van der Waals surface area (Å²) in [6.07, 6.45) is -15.1. The monoisotopic (exact) mass is 564 g/mol. The summed E-state index contributed by atoms with van der Waals surface area (Å²) in [6, 6.07) is 6.28. The number of hydrogen-bond acceptors (Lipinski definition) is 14. The highest BCUT2D eigenvalue weighted by atomic mass is 16.5. The highest BCUT2D eigenvalue weighted by molar-refractivity contribution is 5.89. The second-order valence-corrected chi connectivity index (χ2v) is 9.80. The Hall–Kier alpha value is -3.31. The molecule has 216 valence electrons. The van der Waals surface area contributed by atoms with Crippen molar-refractivity contribution in [3.8, 4) is 28.6 Å². The molecule has 1 unspecified atom stereocenters. The van der Waals surface area contributed by atoms with Crippen LogP contribution >= 0.6 is 0 Å². The molecule has 2 fully saturated rings. The first-order valence-electron chi connectivity index (χ1n) is 12.3. The molecular formula is C26H28O14. The molecule has 2 aliphatic heterocycles. The van der Waals surface area contributed by atoms with Gasteiger partial charge in [-0.3, -0.25) is 4.79 Å². The van der Waals surface area contributed by atoms with E-state index in [-0.39, 0.29) is 28.2 Å². The van der Waals surface area contributed by atoms with E-state index in [1.54, 1.807) is 0 Å². The molecule has 14 nitrogen and oxygen atoms in total. The van der Waals surface area contributed by atoms with Crippen LogP contribution in [0.3, 0.4) is 0 Å². The van der Waals surface area contributed by atoms with Crippen LogP contribution < -0.4 is 5.43 Å². The molecule has 5 rings (SSSR count). The zero-order valence-electron chi connectivity index (χ0n) is 20.6. The highest BCUT2D eigenvalue weighted by Crippen LogP contribution is 2.46. The fraction of sp³-hybridized carbons (Fsp3) is 0.423. The van der Waals surface area contributed by atoms with E-state index in [2.05, 4.69) is 0 Å². The lowest BCUT2D eigenvalue weighted by atomic mass is 9.88. The summed E-state index contributed by atoms with van der Waals surface area (Å²) in [5.74, 6) is -1.98. The average molecular weight is 564 g/mol. The van der Waals surface area contributed by atoms with Gasteiger partial charge in [0.1, 0.15) is 88.9 Å². The lowest BCUT2D eigenvalue weighted by Gasteiger charge is -2.40. The van der Waals surface area contributed by atoms with Crippen molar-refractivity contribution in [1.29, 1.82) is 0 Å². The van der Waals surface area contributed by atoms with Gasteiger partial charge in [-0.15, -0.1) is 0 Å². The van der Waals surface area contributed by atoms with Crippen LogP contribution in [0.4, 0.5) is 0 Å². The van der Waals surface area contributed by atoms with E-state index >= 15 is 0 Å². The quantitative estimate of drug-likeness (QED) is 0.169. The number of phenolic OH excluding ortho intramolecular Hbond substituents is 3. The summed E-state index contributed by atoms with van der Waals surface area (Å²) < 4.78 is 16.9. The number of aliphatic hydroxyl groups excluding tert-OH is 7. The Morgan fingerprint density at radius 3 is 2.10 bits per heavy atom. The number of phenols is 3. The fourth-order valence-corrected chi connectivity index (χ4v) is 5.12. The second kappa shape index (κ2) is 10.6.